The summed E-state index contributed by atoms with van der Waals surface area (Å²) >= 11 is 0. The first-order chi connectivity index (χ1) is 13.2. The van der Waals surface area contributed by atoms with Gasteiger partial charge in [0.15, 0.2) is 0 Å². The molecule has 28 heavy (non-hydrogen) atoms. The van der Waals surface area contributed by atoms with Gasteiger partial charge in [-0.15, -0.1) is 0 Å². The van der Waals surface area contributed by atoms with Crippen molar-refractivity contribution in [3.63, 3.8) is 0 Å². The molecule has 2 N–H and O–H groups in total. The summed E-state index contributed by atoms with van der Waals surface area (Å²) in [6.45, 7) is 5.83. The monoisotopic (exact) mass is 400 g/mol. The van der Waals surface area contributed by atoms with Gasteiger partial charge in [-0.25, -0.2) is 0 Å². The average molecular weight is 400 g/mol. The number of halogens is 3. The summed E-state index contributed by atoms with van der Waals surface area (Å²) in [5, 5.41) is 0. The molecular formula is C19H27F3N4O2. The number of anilines is 1. The summed E-state index contributed by atoms with van der Waals surface area (Å²) in [5.41, 5.74) is 5.95. The number of carbonyl (C=O) groups excluding carboxylic acids is 2. The number of likely N-dealkylation sites (tertiary alicyclic amines) is 1. The van der Waals surface area contributed by atoms with E-state index in [0.717, 1.165) is 18.8 Å². The van der Waals surface area contributed by atoms with Crippen LogP contribution in [0, 0.1) is 5.92 Å². The quantitative estimate of drug-likeness (QED) is 0.721. The molecular weight excluding hydrogens is 373 g/mol. The number of carbonyl (C=O) groups is 2. The van der Waals surface area contributed by atoms with Gasteiger partial charge in [-0.2, -0.15) is 13.2 Å². The summed E-state index contributed by atoms with van der Waals surface area (Å²) in [7, 11) is 0. The van der Waals surface area contributed by atoms with E-state index in [0.29, 0.717) is 18.5 Å². The van der Waals surface area contributed by atoms with E-state index in [1.165, 1.54) is 4.90 Å². The Hall–Kier alpha value is -2.29. The van der Waals surface area contributed by atoms with Gasteiger partial charge in [0.05, 0.1) is 12.5 Å². The van der Waals surface area contributed by atoms with Gasteiger partial charge >= 0.3 is 6.18 Å². The number of rotatable bonds is 6. The van der Waals surface area contributed by atoms with Crippen LogP contribution in [0.15, 0.2) is 24.3 Å². The van der Waals surface area contributed by atoms with Crippen LogP contribution in [0.5, 0.6) is 0 Å². The van der Waals surface area contributed by atoms with Crippen LogP contribution >= 0.6 is 0 Å². The second-order valence-corrected chi connectivity index (χ2v) is 6.84. The van der Waals surface area contributed by atoms with E-state index in [1.807, 2.05) is 26.0 Å². The number of nitrogens with zero attached hydrogens (tertiary/aromatic N) is 2. The standard InChI is InChI=1S/C19H27F3N4O2/c1-3-26(4-2)16-9-7-14(8-10-16)18(28)24-23-17(27)13-25-11-5-6-15(12-25)19(20,21)22/h7-10,15H,3-6,11-13H2,1-2H3,(H,23,27)(H,24,28)/t15-/m0/s1. The Labute approximate surface area is 163 Å². The van der Waals surface area contributed by atoms with Gasteiger partial charge < -0.3 is 4.90 Å². The van der Waals surface area contributed by atoms with Crippen molar-refractivity contribution in [2.24, 2.45) is 5.92 Å². The number of piperidine rings is 1. The zero-order chi connectivity index (χ0) is 20.7. The maximum Gasteiger partial charge on any atom is 0.393 e. The predicted octanol–water partition coefficient (Wildman–Crippen LogP) is 2.57. The molecule has 9 heteroatoms. The highest BCUT2D eigenvalue weighted by molar-refractivity contribution is 5.95. The molecule has 1 saturated heterocycles. The fourth-order valence-corrected chi connectivity index (χ4v) is 3.32. The molecule has 0 bridgehead atoms. The number of hydrazine groups is 1. The molecule has 1 aromatic rings. The molecule has 1 atom stereocenters. The first-order valence-electron chi connectivity index (χ1n) is 9.47. The van der Waals surface area contributed by atoms with E-state index >= 15 is 0 Å². The lowest BCUT2D eigenvalue weighted by atomic mass is 9.97. The molecule has 1 aromatic carbocycles. The summed E-state index contributed by atoms with van der Waals surface area (Å²) in [6.07, 6.45) is -3.77. The summed E-state index contributed by atoms with van der Waals surface area (Å²) in [4.78, 5) is 27.7. The Bertz CT molecular complexity index is 660. The SMILES string of the molecule is CCN(CC)c1ccc(C(=O)NNC(=O)CN2CCC[C@H](C(F)(F)F)C2)cc1. The highest BCUT2D eigenvalue weighted by Gasteiger charge is 2.41. The Morgan fingerprint density at radius 3 is 2.36 bits per heavy atom. The highest BCUT2D eigenvalue weighted by atomic mass is 19.4. The normalized spacial score (nSPS) is 17.8. The van der Waals surface area contributed by atoms with E-state index in [2.05, 4.69) is 15.8 Å². The average Bonchev–Trinajstić information content (AvgIpc) is 2.67. The molecule has 0 saturated carbocycles. The molecule has 1 aliphatic heterocycles. The van der Waals surface area contributed by atoms with Crippen molar-refractivity contribution < 1.29 is 22.8 Å². The van der Waals surface area contributed by atoms with Gasteiger partial charge in [0.25, 0.3) is 11.8 Å². The van der Waals surface area contributed by atoms with Crippen LogP contribution in [0.1, 0.15) is 37.0 Å². The number of alkyl halides is 3. The maximum atomic E-state index is 12.8. The summed E-state index contributed by atoms with van der Waals surface area (Å²) in [5.74, 6) is -2.44. The van der Waals surface area contributed by atoms with E-state index in [1.54, 1.807) is 12.1 Å². The molecule has 2 amide bonds. The Morgan fingerprint density at radius 2 is 1.79 bits per heavy atom. The van der Waals surface area contributed by atoms with E-state index in [9.17, 15) is 22.8 Å². The molecule has 1 aliphatic rings. The molecule has 1 heterocycles. The highest BCUT2D eigenvalue weighted by Crippen LogP contribution is 2.32. The molecule has 6 nitrogen and oxygen atoms in total. The number of amides is 2. The van der Waals surface area contributed by atoms with Crippen molar-refractivity contribution >= 4 is 17.5 Å². The predicted molar refractivity (Wildman–Crippen MR) is 101 cm³/mol. The van der Waals surface area contributed by atoms with Gasteiger partial charge in [0.2, 0.25) is 0 Å². The zero-order valence-corrected chi connectivity index (χ0v) is 16.2. The van der Waals surface area contributed by atoms with Crippen molar-refractivity contribution in [3.05, 3.63) is 29.8 Å². The zero-order valence-electron chi connectivity index (χ0n) is 16.2. The first kappa shape index (κ1) is 22.0. The summed E-state index contributed by atoms with van der Waals surface area (Å²) in [6, 6.07) is 6.98. The third-order valence-corrected chi connectivity index (χ3v) is 4.91. The summed E-state index contributed by atoms with van der Waals surface area (Å²) < 4.78 is 38.5. The van der Waals surface area contributed by atoms with Crippen LogP contribution in [0.25, 0.3) is 0 Å². The lowest BCUT2D eigenvalue weighted by Gasteiger charge is -2.33. The van der Waals surface area contributed by atoms with E-state index in [4.69, 9.17) is 0 Å². The minimum absolute atomic E-state index is 0.0852. The molecule has 156 valence electrons. The number of benzene rings is 1. The van der Waals surface area contributed by atoms with Crippen molar-refractivity contribution in [2.75, 3.05) is 37.6 Å². The topological polar surface area (TPSA) is 64.7 Å². The number of nitrogens with one attached hydrogen (secondary N) is 2. The van der Waals surface area contributed by atoms with Gasteiger partial charge in [0.1, 0.15) is 0 Å². The molecule has 0 aliphatic carbocycles. The van der Waals surface area contributed by atoms with Crippen molar-refractivity contribution in [3.8, 4) is 0 Å². The van der Waals surface area contributed by atoms with Crippen molar-refractivity contribution in [2.45, 2.75) is 32.9 Å². The lowest BCUT2D eigenvalue weighted by Crippen LogP contribution is -2.49. The lowest BCUT2D eigenvalue weighted by molar-refractivity contribution is -0.187. The third kappa shape index (κ3) is 6.12. The fourth-order valence-electron chi connectivity index (χ4n) is 3.32. The molecule has 0 spiro atoms. The van der Waals surface area contributed by atoms with Gasteiger partial charge in [-0.1, -0.05) is 0 Å². The second kappa shape index (κ2) is 9.77. The molecule has 0 radical (unpaired) electrons. The van der Waals surface area contributed by atoms with Crippen LogP contribution in [0.3, 0.4) is 0 Å². The Morgan fingerprint density at radius 1 is 1.14 bits per heavy atom. The van der Waals surface area contributed by atoms with E-state index in [-0.39, 0.29) is 19.5 Å². The largest absolute Gasteiger partial charge is 0.393 e. The maximum absolute atomic E-state index is 12.8. The molecule has 1 fully saturated rings. The smallest absolute Gasteiger partial charge is 0.372 e. The van der Waals surface area contributed by atoms with Gasteiger partial charge in [-0.3, -0.25) is 25.3 Å². The van der Waals surface area contributed by atoms with Crippen LogP contribution in [-0.4, -0.2) is 55.6 Å². The van der Waals surface area contributed by atoms with Crippen molar-refractivity contribution in [1.29, 1.82) is 0 Å². The number of hydrogen-bond donors (Lipinski definition) is 2. The fraction of sp³-hybridized carbons (Fsp3) is 0.579. The van der Waals surface area contributed by atoms with Crippen LogP contribution in [-0.2, 0) is 4.79 Å². The van der Waals surface area contributed by atoms with Crippen LogP contribution < -0.4 is 15.8 Å². The first-order valence-corrected chi connectivity index (χ1v) is 9.47. The minimum Gasteiger partial charge on any atom is -0.372 e. The third-order valence-electron chi connectivity index (χ3n) is 4.91. The van der Waals surface area contributed by atoms with Crippen LogP contribution in [0.4, 0.5) is 18.9 Å². The number of hydrogen-bond acceptors (Lipinski definition) is 4. The van der Waals surface area contributed by atoms with Crippen LogP contribution in [0.2, 0.25) is 0 Å². The van der Waals surface area contributed by atoms with Gasteiger partial charge in [0, 0.05) is 30.9 Å². The molecule has 0 unspecified atom stereocenters. The second-order valence-electron chi connectivity index (χ2n) is 6.84. The Balaban J connectivity index is 1.81. The molecule has 2 rings (SSSR count). The van der Waals surface area contributed by atoms with E-state index < -0.39 is 23.9 Å². The minimum atomic E-state index is -4.25. The Kier molecular flexibility index (Phi) is 7.68. The van der Waals surface area contributed by atoms with Crippen molar-refractivity contribution in [1.82, 2.24) is 15.8 Å². The molecule has 0 aromatic heterocycles. The van der Waals surface area contributed by atoms with Gasteiger partial charge in [-0.05, 0) is 57.5 Å².